The van der Waals surface area contributed by atoms with Crippen LogP contribution in [0.15, 0.2) is 0 Å². The highest BCUT2D eigenvalue weighted by molar-refractivity contribution is 7.81. The summed E-state index contributed by atoms with van der Waals surface area (Å²) in [6, 6.07) is 0. The lowest BCUT2D eigenvalue weighted by atomic mass is 10.1. The van der Waals surface area contributed by atoms with E-state index in [9.17, 15) is 4.79 Å². The van der Waals surface area contributed by atoms with Crippen LogP contribution in [-0.4, -0.2) is 11.0 Å². The highest BCUT2D eigenvalue weighted by Gasteiger charge is 2.05. The first-order valence-corrected chi connectivity index (χ1v) is 3.74. The van der Waals surface area contributed by atoms with E-state index >= 15 is 0 Å². The van der Waals surface area contributed by atoms with E-state index in [-0.39, 0.29) is 11.0 Å². The highest BCUT2D eigenvalue weighted by atomic mass is 32.1. The van der Waals surface area contributed by atoms with Crippen molar-refractivity contribution in [2.75, 3.05) is 0 Å². The van der Waals surface area contributed by atoms with Crippen LogP contribution in [0.4, 0.5) is 0 Å². The van der Waals surface area contributed by atoms with Gasteiger partial charge in [-0.15, -0.1) is 0 Å². The van der Waals surface area contributed by atoms with E-state index < -0.39 is 0 Å². The molecule has 0 N–H and O–H groups in total. The number of carbonyl (C=O) groups excluding carboxylic acids is 1. The molecule has 0 aromatic rings. The predicted octanol–water partition coefficient (Wildman–Crippen LogP) is 1.88. The SMILES string of the molecule is [CH2]C(S)C(=O)CCCC. The lowest BCUT2D eigenvalue weighted by molar-refractivity contribution is -0.117. The van der Waals surface area contributed by atoms with Gasteiger partial charge in [-0.05, 0) is 13.3 Å². The second-order valence-corrected chi connectivity index (χ2v) is 2.71. The highest BCUT2D eigenvalue weighted by Crippen LogP contribution is 2.02. The van der Waals surface area contributed by atoms with Gasteiger partial charge >= 0.3 is 0 Å². The minimum Gasteiger partial charge on any atom is -0.298 e. The second kappa shape index (κ2) is 4.86. The standard InChI is InChI=1S/C7H13OS/c1-3-4-5-7(8)6(2)9/h6,9H,2-5H2,1H3. The summed E-state index contributed by atoms with van der Waals surface area (Å²) >= 11 is 3.91. The molecule has 0 aromatic heterocycles. The summed E-state index contributed by atoms with van der Waals surface area (Å²) in [5.41, 5.74) is 0. The third-order valence-electron chi connectivity index (χ3n) is 1.15. The summed E-state index contributed by atoms with van der Waals surface area (Å²) in [7, 11) is 0. The van der Waals surface area contributed by atoms with Gasteiger partial charge in [0.25, 0.3) is 0 Å². The Hall–Kier alpha value is 0.0200. The molecule has 0 amide bonds. The summed E-state index contributed by atoms with van der Waals surface area (Å²) in [6.45, 7) is 5.57. The van der Waals surface area contributed by atoms with Gasteiger partial charge in [0.15, 0.2) is 0 Å². The van der Waals surface area contributed by atoms with E-state index in [0.29, 0.717) is 6.42 Å². The third-order valence-corrected chi connectivity index (χ3v) is 1.44. The number of thiol groups is 1. The summed E-state index contributed by atoms with van der Waals surface area (Å²) in [5.74, 6) is 0.153. The normalized spacial score (nSPS) is 13.2. The van der Waals surface area contributed by atoms with Crippen molar-refractivity contribution < 1.29 is 4.79 Å². The number of hydrogen-bond donors (Lipinski definition) is 1. The lowest BCUT2D eigenvalue weighted by Crippen LogP contribution is -2.09. The number of rotatable bonds is 4. The monoisotopic (exact) mass is 145 g/mol. The van der Waals surface area contributed by atoms with Gasteiger partial charge in [-0.2, -0.15) is 12.6 Å². The number of hydrogen-bond acceptors (Lipinski definition) is 2. The van der Waals surface area contributed by atoms with E-state index in [2.05, 4.69) is 26.5 Å². The molecule has 0 fully saturated rings. The van der Waals surface area contributed by atoms with E-state index in [1.807, 2.05) is 0 Å². The fourth-order valence-corrected chi connectivity index (χ4v) is 0.647. The maximum Gasteiger partial charge on any atom is 0.145 e. The van der Waals surface area contributed by atoms with Crippen LogP contribution in [0.2, 0.25) is 0 Å². The topological polar surface area (TPSA) is 17.1 Å². The Morgan fingerprint density at radius 3 is 2.67 bits per heavy atom. The average Bonchev–Trinajstić information content (AvgIpc) is 1.82. The number of ketones is 1. The van der Waals surface area contributed by atoms with Crippen molar-refractivity contribution in [1.82, 2.24) is 0 Å². The van der Waals surface area contributed by atoms with Crippen molar-refractivity contribution >= 4 is 18.4 Å². The van der Waals surface area contributed by atoms with Crippen molar-refractivity contribution in [1.29, 1.82) is 0 Å². The Labute approximate surface area is 62.2 Å². The van der Waals surface area contributed by atoms with Crippen molar-refractivity contribution in [2.24, 2.45) is 0 Å². The summed E-state index contributed by atoms with van der Waals surface area (Å²) in [5, 5.41) is -0.323. The van der Waals surface area contributed by atoms with Gasteiger partial charge in [0, 0.05) is 6.42 Å². The third kappa shape index (κ3) is 4.52. The molecule has 1 atom stereocenters. The van der Waals surface area contributed by atoms with Crippen LogP contribution in [0, 0.1) is 6.92 Å². The average molecular weight is 145 g/mol. The molecule has 0 bridgehead atoms. The smallest absolute Gasteiger partial charge is 0.145 e. The molecule has 0 saturated heterocycles. The summed E-state index contributed by atoms with van der Waals surface area (Å²) in [6.07, 6.45) is 2.66. The van der Waals surface area contributed by atoms with Gasteiger partial charge in [-0.25, -0.2) is 0 Å². The van der Waals surface area contributed by atoms with E-state index in [0.717, 1.165) is 12.8 Å². The fourth-order valence-electron chi connectivity index (χ4n) is 0.518. The molecule has 0 rings (SSSR count). The first-order valence-electron chi connectivity index (χ1n) is 3.22. The molecule has 0 aromatic carbocycles. The van der Waals surface area contributed by atoms with E-state index in [1.54, 1.807) is 0 Å². The second-order valence-electron chi connectivity index (χ2n) is 2.09. The molecule has 9 heavy (non-hydrogen) atoms. The maximum absolute atomic E-state index is 10.8. The summed E-state index contributed by atoms with van der Waals surface area (Å²) in [4.78, 5) is 10.8. The minimum atomic E-state index is -0.323. The molecule has 1 radical (unpaired) electrons. The Balaban J connectivity index is 3.28. The van der Waals surface area contributed by atoms with Gasteiger partial charge in [-0.3, -0.25) is 4.79 Å². The van der Waals surface area contributed by atoms with Crippen LogP contribution in [-0.2, 0) is 4.79 Å². The lowest BCUT2D eigenvalue weighted by Gasteiger charge is -1.99. The van der Waals surface area contributed by atoms with Crippen molar-refractivity contribution in [3.63, 3.8) is 0 Å². The van der Waals surface area contributed by atoms with Crippen molar-refractivity contribution in [3.8, 4) is 0 Å². The molecular formula is C7H13OS. The van der Waals surface area contributed by atoms with E-state index in [4.69, 9.17) is 0 Å². The first-order chi connectivity index (χ1) is 4.18. The number of carbonyl (C=O) groups is 1. The van der Waals surface area contributed by atoms with Gasteiger partial charge in [0.05, 0.1) is 5.25 Å². The zero-order valence-electron chi connectivity index (χ0n) is 5.76. The molecule has 0 spiro atoms. The molecule has 0 aliphatic rings. The van der Waals surface area contributed by atoms with Gasteiger partial charge in [-0.1, -0.05) is 13.3 Å². The predicted molar refractivity (Wildman–Crippen MR) is 42.7 cm³/mol. The number of unbranched alkanes of at least 4 members (excludes halogenated alkanes) is 1. The molecular weight excluding hydrogens is 132 g/mol. The Bertz CT molecular complexity index is 88.9. The van der Waals surface area contributed by atoms with E-state index in [1.165, 1.54) is 0 Å². The Morgan fingerprint density at radius 2 is 2.33 bits per heavy atom. The van der Waals surface area contributed by atoms with Crippen LogP contribution in [0.25, 0.3) is 0 Å². The van der Waals surface area contributed by atoms with Gasteiger partial charge in [0.1, 0.15) is 5.78 Å². The van der Waals surface area contributed by atoms with Crippen LogP contribution in [0.1, 0.15) is 26.2 Å². The van der Waals surface area contributed by atoms with Crippen molar-refractivity contribution in [3.05, 3.63) is 6.92 Å². The number of Topliss-reactive ketones (excluding diaryl/α,β-unsaturated/α-hetero) is 1. The molecule has 0 heterocycles. The molecule has 1 nitrogen and oxygen atoms in total. The Morgan fingerprint density at radius 1 is 1.78 bits per heavy atom. The maximum atomic E-state index is 10.8. The molecule has 53 valence electrons. The molecule has 0 aliphatic carbocycles. The quantitative estimate of drug-likeness (QED) is 0.598. The largest absolute Gasteiger partial charge is 0.298 e. The molecule has 0 aliphatic heterocycles. The zero-order chi connectivity index (χ0) is 7.28. The zero-order valence-corrected chi connectivity index (χ0v) is 6.66. The fraction of sp³-hybridized carbons (Fsp3) is 0.714. The van der Waals surface area contributed by atoms with Crippen LogP contribution < -0.4 is 0 Å². The first kappa shape index (κ1) is 9.02. The Kier molecular flexibility index (Phi) is 4.87. The molecule has 1 unspecified atom stereocenters. The van der Waals surface area contributed by atoms with Crippen LogP contribution in [0.3, 0.4) is 0 Å². The minimum absolute atomic E-state index is 0.153. The molecule has 2 heteroatoms. The van der Waals surface area contributed by atoms with Gasteiger partial charge < -0.3 is 0 Å². The molecule has 0 saturated carbocycles. The van der Waals surface area contributed by atoms with Gasteiger partial charge in [0.2, 0.25) is 0 Å². The van der Waals surface area contributed by atoms with Crippen molar-refractivity contribution in [2.45, 2.75) is 31.4 Å². The van der Waals surface area contributed by atoms with Crippen LogP contribution >= 0.6 is 12.6 Å². The summed E-state index contributed by atoms with van der Waals surface area (Å²) < 4.78 is 0. The van der Waals surface area contributed by atoms with Crippen LogP contribution in [0.5, 0.6) is 0 Å².